The monoisotopic (exact) mass is 866 g/mol. The van der Waals surface area contributed by atoms with E-state index >= 15 is 0 Å². The Labute approximate surface area is 342 Å². The zero-order valence-corrected chi connectivity index (χ0v) is 32.7. The molecule has 9 atom stereocenters. The Kier molecular flexibility index (Phi) is 18.2. The lowest BCUT2D eigenvalue weighted by Gasteiger charge is -2.47. The number of anilines is 2. The molecule has 0 bridgehead atoms. The molecule has 2 heterocycles. The highest BCUT2D eigenvalue weighted by atomic mass is 19.4. The molecular formula is C39H52F6N4O11. The smallest absolute Gasteiger partial charge is 0.416 e. The first-order chi connectivity index (χ1) is 28.4. The van der Waals surface area contributed by atoms with Gasteiger partial charge in [0.25, 0.3) is 0 Å². The van der Waals surface area contributed by atoms with Crippen LogP contribution in [0, 0.1) is 0 Å². The lowest BCUT2D eigenvalue weighted by molar-refractivity contribution is -0.319. The van der Waals surface area contributed by atoms with Crippen LogP contribution in [-0.2, 0) is 36.1 Å². The lowest BCUT2D eigenvalue weighted by Crippen LogP contribution is -2.69. The van der Waals surface area contributed by atoms with Crippen molar-refractivity contribution in [1.29, 1.82) is 0 Å². The molecule has 2 aliphatic rings. The average molecular weight is 867 g/mol. The molecule has 2 fully saturated rings. The van der Waals surface area contributed by atoms with E-state index in [0.717, 1.165) is 75.3 Å². The highest BCUT2D eigenvalue weighted by molar-refractivity contribution is 5.89. The number of hydrogen-bond acceptors (Lipinski definition) is 11. The van der Waals surface area contributed by atoms with Crippen molar-refractivity contribution < 1.29 is 80.1 Å². The fraction of sp³-hybridized carbons (Fsp3) is 0.615. The molecule has 15 nitrogen and oxygen atoms in total. The van der Waals surface area contributed by atoms with Gasteiger partial charge in [-0.2, -0.15) is 26.3 Å². The summed E-state index contributed by atoms with van der Waals surface area (Å²) in [7, 11) is 0. The van der Waals surface area contributed by atoms with E-state index in [9.17, 15) is 61.2 Å². The first kappa shape index (κ1) is 48.4. The van der Waals surface area contributed by atoms with Crippen molar-refractivity contribution in [2.75, 3.05) is 30.5 Å². The average Bonchev–Trinajstić information content (AvgIpc) is 3.19. The summed E-state index contributed by atoms with van der Waals surface area (Å²) in [4.78, 5) is 39.4. The number of amides is 4. The molecule has 336 valence electrons. The van der Waals surface area contributed by atoms with Crippen LogP contribution in [0.15, 0.2) is 48.5 Å². The summed E-state index contributed by atoms with van der Waals surface area (Å²) in [6.45, 7) is 0.0585. The van der Waals surface area contributed by atoms with Crippen LogP contribution in [0.4, 0.5) is 47.3 Å². The number of unbranched alkanes of at least 4 members (excludes halogenated alkanes) is 7. The van der Waals surface area contributed by atoms with Gasteiger partial charge in [0.05, 0.1) is 43.0 Å². The molecule has 4 rings (SSSR count). The Balaban J connectivity index is 1.55. The minimum atomic E-state index is -4.75. The van der Waals surface area contributed by atoms with E-state index in [1.165, 1.54) is 6.07 Å². The van der Waals surface area contributed by atoms with Gasteiger partial charge in [0.1, 0.15) is 30.5 Å². The molecule has 2 aromatic rings. The Morgan fingerprint density at radius 1 is 0.750 bits per heavy atom. The van der Waals surface area contributed by atoms with Gasteiger partial charge in [-0.15, -0.1) is 0 Å². The second-order valence-corrected chi connectivity index (χ2v) is 14.5. The number of rotatable bonds is 18. The quantitative estimate of drug-likeness (QED) is 0.0732. The number of carbonyl (C=O) groups excluding carboxylic acids is 3. The molecule has 0 saturated carbocycles. The Morgan fingerprint density at radius 2 is 1.32 bits per heavy atom. The number of aliphatic hydroxyl groups excluding tert-OH is 4. The molecule has 4 unspecified atom stereocenters. The first-order valence-electron chi connectivity index (χ1n) is 19.6. The van der Waals surface area contributed by atoms with E-state index in [4.69, 9.17) is 18.9 Å². The summed E-state index contributed by atoms with van der Waals surface area (Å²) in [5.74, 6) is -0.503. The van der Waals surface area contributed by atoms with Gasteiger partial charge in [-0.1, -0.05) is 64.0 Å². The van der Waals surface area contributed by atoms with Crippen LogP contribution in [0.25, 0.3) is 0 Å². The maximum Gasteiger partial charge on any atom is 0.416 e. The number of halogens is 6. The summed E-state index contributed by atoms with van der Waals surface area (Å²) in [5, 5.41) is 52.2. The van der Waals surface area contributed by atoms with Crippen LogP contribution >= 0.6 is 0 Å². The molecule has 60 heavy (non-hydrogen) atoms. The highest BCUT2D eigenvalue weighted by Crippen LogP contribution is 2.33. The van der Waals surface area contributed by atoms with E-state index in [1.807, 2.05) is 0 Å². The van der Waals surface area contributed by atoms with E-state index < -0.39 is 116 Å². The van der Waals surface area contributed by atoms with Crippen LogP contribution in [0.2, 0.25) is 0 Å². The zero-order valence-electron chi connectivity index (χ0n) is 32.7. The molecule has 2 aromatic carbocycles. The predicted molar refractivity (Wildman–Crippen MR) is 201 cm³/mol. The minimum Gasteiger partial charge on any atom is -0.440 e. The summed E-state index contributed by atoms with van der Waals surface area (Å²) in [6.07, 6.45) is -15.4. The molecule has 0 aliphatic carbocycles. The maximum atomic E-state index is 13.4. The third-order valence-corrected chi connectivity index (χ3v) is 9.96. The van der Waals surface area contributed by atoms with E-state index in [1.54, 1.807) is 0 Å². The third kappa shape index (κ3) is 14.2. The number of carbonyl (C=O) groups is 3. The predicted octanol–water partition coefficient (Wildman–Crippen LogP) is 5.06. The second-order valence-electron chi connectivity index (χ2n) is 14.5. The Hall–Kier alpha value is -4.25. The third-order valence-electron chi connectivity index (χ3n) is 9.96. The number of alkyl halides is 6. The van der Waals surface area contributed by atoms with E-state index in [-0.39, 0.29) is 17.8 Å². The highest BCUT2D eigenvalue weighted by Gasteiger charge is 2.51. The Bertz CT molecular complexity index is 1690. The fourth-order valence-corrected chi connectivity index (χ4v) is 6.82. The molecule has 21 heteroatoms. The van der Waals surface area contributed by atoms with Gasteiger partial charge in [-0.05, 0) is 42.8 Å². The van der Waals surface area contributed by atoms with Crippen LogP contribution < -0.4 is 21.3 Å². The summed E-state index contributed by atoms with van der Waals surface area (Å²) in [5.41, 5.74) is -2.73. The molecule has 8 N–H and O–H groups in total. The number of benzene rings is 2. The van der Waals surface area contributed by atoms with Crippen molar-refractivity contribution >= 4 is 29.4 Å². The molecule has 0 spiro atoms. The van der Waals surface area contributed by atoms with Crippen molar-refractivity contribution in [2.24, 2.45) is 0 Å². The van der Waals surface area contributed by atoms with Crippen LogP contribution in [0.3, 0.4) is 0 Å². The summed E-state index contributed by atoms with van der Waals surface area (Å²) in [6, 6.07) is 3.63. The minimum absolute atomic E-state index is 0.0443. The van der Waals surface area contributed by atoms with Gasteiger partial charge in [-0.3, -0.25) is 10.1 Å². The number of ether oxygens (including phenoxy) is 4. The van der Waals surface area contributed by atoms with Crippen molar-refractivity contribution in [3.8, 4) is 0 Å². The summed E-state index contributed by atoms with van der Waals surface area (Å²) >= 11 is 0. The van der Waals surface area contributed by atoms with E-state index in [0.29, 0.717) is 18.6 Å². The van der Waals surface area contributed by atoms with Crippen LogP contribution in [0.1, 0.15) is 75.8 Å². The number of aliphatic hydroxyl groups is 4. The van der Waals surface area contributed by atoms with Gasteiger partial charge >= 0.3 is 24.5 Å². The second kappa shape index (κ2) is 22.6. The number of urea groups is 1. The topological polar surface area (TPSA) is 217 Å². The number of hydrogen-bond donors (Lipinski definition) is 8. The molecule has 0 radical (unpaired) electrons. The van der Waals surface area contributed by atoms with Crippen LogP contribution in [0.5, 0.6) is 0 Å². The SMILES string of the molecule is CCCCCCCCCCC(=O)N[C@H]1C(CO)OCC(NC(=O)Nc2cccc(C(F)(F)F)c2)[C@H]1O[C@H]1OC(CO)[C@H](O)[C@H](OC(=O)Nc2cccc(C(F)(F)F)c2)C1O. The van der Waals surface area contributed by atoms with Gasteiger partial charge in [0.15, 0.2) is 12.4 Å². The molecule has 4 amide bonds. The van der Waals surface area contributed by atoms with Crippen molar-refractivity contribution in [1.82, 2.24) is 10.6 Å². The van der Waals surface area contributed by atoms with Crippen LogP contribution in [-0.4, -0.2) is 113 Å². The largest absolute Gasteiger partial charge is 0.440 e. The molecular weight excluding hydrogens is 814 g/mol. The van der Waals surface area contributed by atoms with Gasteiger partial charge in [0.2, 0.25) is 5.91 Å². The van der Waals surface area contributed by atoms with Gasteiger partial charge in [0, 0.05) is 17.8 Å². The van der Waals surface area contributed by atoms with Crippen molar-refractivity contribution in [3.63, 3.8) is 0 Å². The first-order valence-corrected chi connectivity index (χ1v) is 19.6. The molecule has 2 aliphatic heterocycles. The van der Waals surface area contributed by atoms with E-state index in [2.05, 4.69) is 28.2 Å². The maximum absolute atomic E-state index is 13.4. The van der Waals surface area contributed by atoms with Crippen molar-refractivity contribution in [2.45, 2.75) is 132 Å². The Morgan fingerprint density at radius 3 is 1.88 bits per heavy atom. The zero-order chi connectivity index (χ0) is 44.0. The summed E-state index contributed by atoms with van der Waals surface area (Å²) < 4.78 is 103. The van der Waals surface area contributed by atoms with Crippen molar-refractivity contribution in [3.05, 3.63) is 59.7 Å². The van der Waals surface area contributed by atoms with Gasteiger partial charge < -0.3 is 55.3 Å². The normalized spacial score (nSPS) is 25.9. The fourth-order valence-electron chi connectivity index (χ4n) is 6.82. The molecule has 2 saturated heterocycles. The standard InChI is InChI=1S/C39H52F6N4O11/c1-2-3-4-5-6-7-8-9-16-29(52)49-30-27(19-50)57-21-26(48-36(55)46-24-14-10-12-22(17-24)38(40,41)42)33(30)59-35-32(54)34(31(53)28(20-51)58-35)60-37(56)47-25-15-11-13-23(18-25)39(43,44)45/h10-15,17-18,26-28,30-35,50-51,53-54H,2-9,16,19-21H2,1H3,(H,47,56)(H,49,52)(H2,46,48,55)/t26?,27?,28?,30-,31-,32?,33+,34-,35+/m0/s1. The lowest BCUT2D eigenvalue weighted by atomic mass is 9.94. The number of nitrogens with one attached hydrogen (secondary N) is 4. The molecule has 0 aromatic heterocycles. The van der Waals surface area contributed by atoms with Gasteiger partial charge in [-0.25, -0.2) is 9.59 Å².